The molecule has 2 rings (SSSR count). The van der Waals surface area contributed by atoms with Gasteiger partial charge in [-0.25, -0.2) is 4.39 Å². The molecule has 0 heterocycles. The van der Waals surface area contributed by atoms with Gasteiger partial charge in [0.25, 0.3) is 0 Å². The molecule has 0 radical (unpaired) electrons. The maximum Gasteiger partial charge on any atom is 0.123 e. The van der Waals surface area contributed by atoms with E-state index >= 15 is 0 Å². The van der Waals surface area contributed by atoms with Crippen molar-refractivity contribution in [3.8, 4) is 0 Å². The molecule has 4 heteroatoms. The first-order chi connectivity index (χ1) is 8.08. The van der Waals surface area contributed by atoms with Gasteiger partial charge in [-0.3, -0.25) is 0 Å². The average molecular weight is 316 g/mol. The lowest BCUT2D eigenvalue weighted by Gasteiger charge is -2.13. The van der Waals surface area contributed by atoms with Crippen LogP contribution in [-0.2, 0) is 0 Å². The lowest BCUT2D eigenvalue weighted by Crippen LogP contribution is -2.01. The van der Waals surface area contributed by atoms with Gasteiger partial charge in [-0.15, -0.1) is 0 Å². The fraction of sp³-hybridized carbons (Fsp3) is 0.0769. The molecule has 1 unspecified atom stereocenters. The Balaban J connectivity index is 2.39. The number of hydrogen-bond acceptors (Lipinski definition) is 1. The summed E-state index contributed by atoms with van der Waals surface area (Å²) in [5.41, 5.74) is 1.16. The molecule has 1 N–H and O–H groups in total. The first kappa shape index (κ1) is 12.6. The molecule has 0 aromatic heterocycles. The van der Waals surface area contributed by atoms with Crippen molar-refractivity contribution in [2.75, 3.05) is 0 Å². The Hall–Kier alpha value is -0.900. The highest BCUT2D eigenvalue weighted by atomic mass is 79.9. The molecule has 0 bridgehead atoms. The number of rotatable bonds is 2. The molecule has 0 saturated heterocycles. The average Bonchev–Trinajstić information content (AvgIpc) is 2.32. The predicted molar refractivity (Wildman–Crippen MR) is 69.6 cm³/mol. The fourth-order valence-electron chi connectivity index (χ4n) is 1.55. The standard InChI is InChI=1S/C13H9BrClFO/c14-12-6-5-10(16)7-11(12)13(17)8-1-3-9(15)4-2-8/h1-7,13,17H. The fourth-order valence-corrected chi connectivity index (χ4v) is 2.14. The zero-order chi connectivity index (χ0) is 12.4. The minimum absolute atomic E-state index is 0.379. The third-order valence-electron chi connectivity index (χ3n) is 2.44. The van der Waals surface area contributed by atoms with Crippen LogP contribution in [0.3, 0.4) is 0 Å². The van der Waals surface area contributed by atoms with Gasteiger partial charge in [0.1, 0.15) is 11.9 Å². The van der Waals surface area contributed by atoms with Crippen molar-refractivity contribution in [1.82, 2.24) is 0 Å². The second kappa shape index (κ2) is 5.17. The van der Waals surface area contributed by atoms with Gasteiger partial charge in [0.05, 0.1) is 0 Å². The summed E-state index contributed by atoms with van der Waals surface area (Å²) < 4.78 is 13.8. The number of halogens is 3. The second-order valence-corrected chi connectivity index (χ2v) is 4.91. The van der Waals surface area contributed by atoms with E-state index in [1.165, 1.54) is 12.1 Å². The van der Waals surface area contributed by atoms with Gasteiger partial charge in [-0.2, -0.15) is 0 Å². The van der Waals surface area contributed by atoms with Crippen molar-refractivity contribution in [1.29, 1.82) is 0 Å². The normalized spacial score (nSPS) is 12.5. The molecule has 17 heavy (non-hydrogen) atoms. The second-order valence-electron chi connectivity index (χ2n) is 3.62. The van der Waals surface area contributed by atoms with Gasteiger partial charge in [-0.05, 0) is 35.9 Å². The highest BCUT2D eigenvalue weighted by Crippen LogP contribution is 2.29. The lowest BCUT2D eigenvalue weighted by molar-refractivity contribution is 0.219. The lowest BCUT2D eigenvalue weighted by atomic mass is 10.0. The van der Waals surface area contributed by atoms with Gasteiger partial charge < -0.3 is 5.11 Å². The summed E-state index contributed by atoms with van der Waals surface area (Å²) in [4.78, 5) is 0. The quantitative estimate of drug-likeness (QED) is 0.875. The van der Waals surface area contributed by atoms with Crippen molar-refractivity contribution in [3.63, 3.8) is 0 Å². The first-order valence-corrected chi connectivity index (χ1v) is 6.13. The topological polar surface area (TPSA) is 20.2 Å². The summed E-state index contributed by atoms with van der Waals surface area (Å²) in [6.07, 6.45) is -0.877. The predicted octanol–water partition coefficient (Wildman–Crippen LogP) is 4.32. The van der Waals surface area contributed by atoms with Crippen molar-refractivity contribution in [2.45, 2.75) is 6.10 Å². The van der Waals surface area contributed by atoms with Crippen LogP contribution >= 0.6 is 27.5 Å². The Bertz CT molecular complexity index is 527. The molecule has 0 aliphatic rings. The van der Waals surface area contributed by atoms with Crippen LogP contribution in [0, 0.1) is 5.82 Å². The summed E-state index contributed by atoms with van der Waals surface area (Å²) in [5, 5.41) is 10.7. The van der Waals surface area contributed by atoms with Crippen LogP contribution in [0.4, 0.5) is 4.39 Å². The molecule has 88 valence electrons. The van der Waals surface area contributed by atoms with Gasteiger partial charge >= 0.3 is 0 Å². The van der Waals surface area contributed by atoms with Crippen LogP contribution in [0.25, 0.3) is 0 Å². The summed E-state index contributed by atoms with van der Waals surface area (Å²) in [6, 6.07) is 11.0. The van der Waals surface area contributed by atoms with Crippen molar-refractivity contribution in [3.05, 3.63) is 68.9 Å². The van der Waals surface area contributed by atoms with Crippen LogP contribution in [0.1, 0.15) is 17.2 Å². The van der Waals surface area contributed by atoms with Gasteiger partial charge in [-0.1, -0.05) is 39.7 Å². The van der Waals surface area contributed by atoms with Crippen LogP contribution in [0.2, 0.25) is 5.02 Å². The van der Waals surface area contributed by atoms with Crippen molar-refractivity contribution in [2.24, 2.45) is 0 Å². The van der Waals surface area contributed by atoms with Crippen molar-refractivity contribution >= 4 is 27.5 Å². The van der Waals surface area contributed by atoms with E-state index in [0.29, 0.717) is 20.6 Å². The smallest absolute Gasteiger partial charge is 0.123 e. The van der Waals surface area contributed by atoms with Crippen LogP contribution in [0.15, 0.2) is 46.9 Å². The highest BCUT2D eigenvalue weighted by molar-refractivity contribution is 9.10. The van der Waals surface area contributed by atoms with Crippen LogP contribution in [0.5, 0.6) is 0 Å². The highest BCUT2D eigenvalue weighted by Gasteiger charge is 2.14. The van der Waals surface area contributed by atoms with E-state index < -0.39 is 6.10 Å². The number of aliphatic hydroxyl groups is 1. The SMILES string of the molecule is OC(c1ccc(Cl)cc1)c1cc(F)ccc1Br. The molecule has 0 saturated carbocycles. The van der Waals surface area contributed by atoms with Crippen LogP contribution < -0.4 is 0 Å². The molecule has 0 aliphatic heterocycles. The maximum absolute atomic E-state index is 13.1. The summed E-state index contributed by atoms with van der Waals surface area (Å²) >= 11 is 9.06. The number of hydrogen-bond donors (Lipinski definition) is 1. The molecule has 0 aliphatic carbocycles. The monoisotopic (exact) mass is 314 g/mol. The van der Waals surface area contributed by atoms with E-state index in [-0.39, 0.29) is 5.82 Å². The van der Waals surface area contributed by atoms with Gasteiger partial charge in [0, 0.05) is 15.1 Å². The molecule has 1 nitrogen and oxygen atoms in total. The summed E-state index contributed by atoms with van der Waals surface area (Å²) in [6.45, 7) is 0. The van der Waals surface area contributed by atoms with E-state index in [9.17, 15) is 9.50 Å². The van der Waals surface area contributed by atoms with E-state index in [4.69, 9.17) is 11.6 Å². The van der Waals surface area contributed by atoms with Gasteiger partial charge in [0.2, 0.25) is 0 Å². The zero-order valence-corrected chi connectivity index (χ0v) is 11.0. The van der Waals surface area contributed by atoms with Crippen molar-refractivity contribution < 1.29 is 9.50 Å². The van der Waals surface area contributed by atoms with Crippen LogP contribution in [-0.4, -0.2) is 5.11 Å². The molecule has 0 amide bonds. The Kier molecular flexibility index (Phi) is 3.82. The minimum atomic E-state index is -0.877. The third-order valence-corrected chi connectivity index (χ3v) is 3.41. The van der Waals surface area contributed by atoms with E-state index in [1.54, 1.807) is 30.3 Å². The summed E-state index contributed by atoms with van der Waals surface area (Å²) in [7, 11) is 0. The van der Waals surface area contributed by atoms with E-state index in [0.717, 1.165) is 0 Å². The molecule has 0 spiro atoms. The molecule has 2 aromatic rings. The Morgan fingerprint density at radius 3 is 2.41 bits per heavy atom. The molecule has 2 aromatic carbocycles. The third kappa shape index (κ3) is 2.86. The summed E-state index contributed by atoms with van der Waals surface area (Å²) in [5.74, 6) is -0.379. The van der Waals surface area contributed by atoms with E-state index in [2.05, 4.69) is 15.9 Å². The molecular weight excluding hydrogens is 306 g/mol. The maximum atomic E-state index is 13.1. The van der Waals surface area contributed by atoms with E-state index in [1.807, 2.05) is 0 Å². The minimum Gasteiger partial charge on any atom is -0.384 e. The molecular formula is C13H9BrClFO. The Morgan fingerprint density at radius 1 is 1.12 bits per heavy atom. The number of aliphatic hydroxyl groups excluding tert-OH is 1. The zero-order valence-electron chi connectivity index (χ0n) is 8.70. The Morgan fingerprint density at radius 2 is 1.76 bits per heavy atom. The Labute approximate surface area is 112 Å². The van der Waals surface area contributed by atoms with Gasteiger partial charge in [0.15, 0.2) is 0 Å². The molecule has 1 atom stereocenters. The molecule has 0 fully saturated rings. The number of benzene rings is 2. The largest absolute Gasteiger partial charge is 0.384 e. The first-order valence-electron chi connectivity index (χ1n) is 4.96.